The lowest BCUT2D eigenvalue weighted by atomic mass is 9.99. The van der Waals surface area contributed by atoms with E-state index in [9.17, 15) is 24.6 Å². The van der Waals surface area contributed by atoms with Crippen LogP contribution >= 0.6 is 0 Å². The van der Waals surface area contributed by atoms with Crippen LogP contribution in [0.1, 0.15) is 31.9 Å². The van der Waals surface area contributed by atoms with Gasteiger partial charge in [-0.2, -0.15) is 0 Å². The fourth-order valence-electron chi connectivity index (χ4n) is 4.05. The smallest absolute Gasteiger partial charge is 0.342 e. The van der Waals surface area contributed by atoms with E-state index in [4.69, 9.17) is 9.47 Å². The van der Waals surface area contributed by atoms with Gasteiger partial charge in [-0.25, -0.2) is 9.59 Å². The number of nitrogens with zero attached hydrogens (tertiary/aromatic N) is 1. The van der Waals surface area contributed by atoms with Crippen LogP contribution in [0, 0.1) is 5.92 Å². The number of nitrogens with one attached hydrogen (secondary N) is 1. The number of hydrogen-bond donors (Lipinski definition) is 3. The Kier molecular flexibility index (Phi) is 10.5. The van der Waals surface area contributed by atoms with Gasteiger partial charge in [0.25, 0.3) is 0 Å². The standard InChI is InChI=1S/C30H34N2O7/c1-20(2)18-32(19-25(33)29(36)39-27-12-8-7-11-26(27)38-3)30(37)31-24(17-28(34)35)23-15-13-22(14-16-23)21-9-5-4-6-10-21/h4-16,20,24-25,33H,17-19H2,1-3H3,(H,31,37)(H,34,35). The van der Waals surface area contributed by atoms with Gasteiger partial charge in [-0.15, -0.1) is 0 Å². The lowest BCUT2D eigenvalue weighted by Crippen LogP contribution is -2.48. The van der Waals surface area contributed by atoms with Crippen molar-refractivity contribution in [1.82, 2.24) is 10.2 Å². The third-order valence-corrected chi connectivity index (χ3v) is 5.91. The van der Waals surface area contributed by atoms with Crippen LogP contribution in [0.5, 0.6) is 11.5 Å². The number of aliphatic hydroxyl groups is 1. The van der Waals surface area contributed by atoms with Crippen LogP contribution in [0.15, 0.2) is 78.9 Å². The lowest BCUT2D eigenvalue weighted by Gasteiger charge is -2.29. The Morgan fingerprint density at radius 2 is 1.44 bits per heavy atom. The Morgan fingerprint density at radius 3 is 2.03 bits per heavy atom. The molecule has 206 valence electrons. The number of aliphatic carboxylic acids is 1. The number of carbonyl (C=O) groups is 3. The Hall–Kier alpha value is -4.37. The van der Waals surface area contributed by atoms with Gasteiger partial charge < -0.3 is 29.9 Å². The molecule has 0 fully saturated rings. The monoisotopic (exact) mass is 534 g/mol. The summed E-state index contributed by atoms with van der Waals surface area (Å²) in [5.74, 6) is -1.55. The number of ether oxygens (including phenoxy) is 2. The summed E-state index contributed by atoms with van der Waals surface area (Å²) in [5, 5.41) is 22.8. The number of aliphatic hydroxyl groups excluding tert-OH is 1. The van der Waals surface area contributed by atoms with Crippen LogP contribution in [0.4, 0.5) is 4.79 Å². The molecule has 3 N–H and O–H groups in total. The molecule has 3 rings (SSSR count). The summed E-state index contributed by atoms with van der Waals surface area (Å²) in [4.78, 5) is 38.8. The van der Waals surface area contributed by atoms with E-state index in [0.717, 1.165) is 11.1 Å². The van der Waals surface area contributed by atoms with E-state index < -0.39 is 30.1 Å². The molecule has 3 aromatic rings. The van der Waals surface area contributed by atoms with E-state index in [1.54, 1.807) is 30.3 Å². The molecule has 0 saturated carbocycles. The molecule has 9 heteroatoms. The summed E-state index contributed by atoms with van der Waals surface area (Å²) in [5.41, 5.74) is 2.59. The van der Waals surface area contributed by atoms with E-state index in [1.165, 1.54) is 18.1 Å². The molecule has 39 heavy (non-hydrogen) atoms. The number of carboxylic acids is 1. The number of urea groups is 1. The number of carbonyl (C=O) groups excluding carboxylic acids is 2. The molecule has 0 heterocycles. The van der Waals surface area contributed by atoms with Crippen molar-refractivity contribution in [1.29, 1.82) is 0 Å². The summed E-state index contributed by atoms with van der Waals surface area (Å²) in [7, 11) is 1.43. The van der Waals surface area contributed by atoms with Gasteiger partial charge in [-0.1, -0.05) is 80.6 Å². The molecule has 0 bridgehead atoms. The fraction of sp³-hybridized carbons (Fsp3) is 0.300. The number of hydrogen-bond acceptors (Lipinski definition) is 6. The number of methoxy groups -OCH3 is 1. The molecule has 2 unspecified atom stereocenters. The van der Waals surface area contributed by atoms with Crippen molar-refractivity contribution in [2.75, 3.05) is 20.2 Å². The third kappa shape index (κ3) is 8.58. The zero-order chi connectivity index (χ0) is 28.4. The van der Waals surface area contributed by atoms with Crippen molar-refractivity contribution in [3.05, 3.63) is 84.4 Å². The second-order valence-electron chi connectivity index (χ2n) is 9.47. The first-order valence-electron chi connectivity index (χ1n) is 12.6. The largest absolute Gasteiger partial charge is 0.493 e. The number of rotatable bonds is 12. The molecule has 0 aliphatic heterocycles. The zero-order valence-corrected chi connectivity index (χ0v) is 22.2. The van der Waals surface area contributed by atoms with Crippen LogP contribution in [0.3, 0.4) is 0 Å². The predicted molar refractivity (Wildman–Crippen MR) is 146 cm³/mol. The van der Waals surface area contributed by atoms with Crippen LogP contribution in [-0.4, -0.2) is 59.4 Å². The van der Waals surface area contributed by atoms with Gasteiger partial charge in [0, 0.05) is 6.54 Å². The van der Waals surface area contributed by atoms with Gasteiger partial charge in [0.2, 0.25) is 0 Å². The molecule has 2 amide bonds. The van der Waals surface area contributed by atoms with E-state index in [-0.39, 0.29) is 31.2 Å². The molecular formula is C30H34N2O7. The van der Waals surface area contributed by atoms with Crippen molar-refractivity contribution in [3.63, 3.8) is 0 Å². The topological polar surface area (TPSA) is 125 Å². The minimum Gasteiger partial charge on any atom is -0.493 e. The van der Waals surface area contributed by atoms with Gasteiger partial charge in [-0.05, 0) is 34.7 Å². The maximum atomic E-state index is 13.3. The van der Waals surface area contributed by atoms with Gasteiger partial charge in [0.05, 0.1) is 26.1 Å². The maximum absolute atomic E-state index is 13.3. The van der Waals surface area contributed by atoms with E-state index in [2.05, 4.69) is 5.32 Å². The summed E-state index contributed by atoms with van der Waals surface area (Å²) >= 11 is 0. The molecule has 0 spiro atoms. The summed E-state index contributed by atoms with van der Waals surface area (Å²) < 4.78 is 10.5. The highest BCUT2D eigenvalue weighted by atomic mass is 16.6. The molecule has 0 aromatic heterocycles. The van der Waals surface area contributed by atoms with E-state index >= 15 is 0 Å². The first-order chi connectivity index (χ1) is 18.7. The van der Waals surface area contributed by atoms with E-state index in [1.807, 2.05) is 56.3 Å². The van der Waals surface area contributed by atoms with Gasteiger partial charge in [0.15, 0.2) is 17.6 Å². The molecule has 3 aromatic carbocycles. The normalized spacial score (nSPS) is 12.3. The van der Waals surface area contributed by atoms with E-state index in [0.29, 0.717) is 11.3 Å². The molecule has 0 aliphatic rings. The highest BCUT2D eigenvalue weighted by molar-refractivity contribution is 5.80. The van der Waals surface area contributed by atoms with Crippen molar-refractivity contribution in [2.45, 2.75) is 32.4 Å². The molecule has 0 aliphatic carbocycles. The number of esters is 1. The maximum Gasteiger partial charge on any atom is 0.342 e. The molecule has 0 saturated heterocycles. The van der Waals surface area contributed by atoms with Crippen molar-refractivity contribution >= 4 is 18.0 Å². The van der Waals surface area contributed by atoms with Crippen molar-refractivity contribution in [2.24, 2.45) is 5.92 Å². The Balaban J connectivity index is 1.73. The number of para-hydroxylation sites is 2. The Labute approximate surface area is 228 Å². The van der Waals surface area contributed by atoms with Crippen LogP contribution < -0.4 is 14.8 Å². The van der Waals surface area contributed by atoms with Crippen LogP contribution in [-0.2, 0) is 9.59 Å². The van der Waals surface area contributed by atoms with Gasteiger partial charge in [0.1, 0.15) is 0 Å². The fourth-order valence-corrected chi connectivity index (χ4v) is 4.05. The first-order valence-corrected chi connectivity index (χ1v) is 12.6. The Morgan fingerprint density at radius 1 is 0.846 bits per heavy atom. The summed E-state index contributed by atoms with van der Waals surface area (Å²) in [6.45, 7) is 3.65. The second kappa shape index (κ2) is 14.0. The van der Waals surface area contributed by atoms with Crippen molar-refractivity contribution in [3.8, 4) is 22.6 Å². The quantitative estimate of drug-likeness (QED) is 0.231. The highest BCUT2D eigenvalue weighted by Crippen LogP contribution is 2.26. The average Bonchev–Trinajstić information content (AvgIpc) is 2.92. The van der Waals surface area contributed by atoms with Gasteiger partial charge >= 0.3 is 18.0 Å². The molecular weight excluding hydrogens is 500 g/mol. The predicted octanol–water partition coefficient (Wildman–Crippen LogP) is 4.51. The minimum absolute atomic E-state index is 0.0104. The summed E-state index contributed by atoms with van der Waals surface area (Å²) in [6.07, 6.45) is -1.98. The highest BCUT2D eigenvalue weighted by Gasteiger charge is 2.28. The SMILES string of the molecule is COc1ccccc1OC(=O)C(O)CN(CC(C)C)C(=O)NC(CC(=O)O)c1ccc(-c2ccccc2)cc1. The molecule has 9 nitrogen and oxygen atoms in total. The number of benzene rings is 3. The number of amides is 2. The van der Waals surface area contributed by atoms with Gasteiger partial charge in [-0.3, -0.25) is 4.79 Å². The van der Waals surface area contributed by atoms with Crippen LogP contribution in [0.2, 0.25) is 0 Å². The minimum atomic E-state index is -1.64. The summed E-state index contributed by atoms with van der Waals surface area (Å²) in [6, 6.07) is 22.1. The molecule has 0 radical (unpaired) electrons. The average molecular weight is 535 g/mol. The second-order valence-corrected chi connectivity index (χ2v) is 9.47. The zero-order valence-electron chi connectivity index (χ0n) is 22.2. The molecule has 2 atom stereocenters. The van der Waals surface area contributed by atoms with Crippen LogP contribution in [0.25, 0.3) is 11.1 Å². The Bertz CT molecular complexity index is 1250. The van der Waals surface area contributed by atoms with Crippen molar-refractivity contribution < 1.29 is 34.1 Å². The first kappa shape index (κ1) is 29.2. The number of carboxylic acid groups (broad SMARTS) is 1. The third-order valence-electron chi connectivity index (χ3n) is 5.91. The lowest BCUT2D eigenvalue weighted by molar-refractivity contribution is -0.144.